The Morgan fingerprint density at radius 1 is 1.39 bits per heavy atom. The van der Waals surface area contributed by atoms with Gasteiger partial charge in [0.15, 0.2) is 0 Å². The van der Waals surface area contributed by atoms with E-state index < -0.39 is 5.41 Å². The number of hydrogen-bond acceptors (Lipinski definition) is 3. The normalized spacial score (nSPS) is 22.3. The summed E-state index contributed by atoms with van der Waals surface area (Å²) in [6.07, 6.45) is 4.01. The molecule has 1 saturated carbocycles. The van der Waals surface area contributed by atoms with Crippen molar-refractivity contribution in [2.45, 2.75) is 23.5 Å². The summed E-state index contributed by atoms with van der Waals surface area (Å²) < 4.78 is -0.324. The van der Waals surface area contributed by atoms with E-state index in [0.29, 0.717) is 0 Å². The molecule has 23 heavy (non-hydrogen) atoms. The van der Waals surface area contributed by atoms with Crippen LogP contribution >= 0.6 is 31.9 Å². The van der Waals surface area contributed by atoms with Crippen molar-refractivity contribution in [2.24, 2.45) is 10.5 Å². The number of carbonyl (C=O) groups excluding carboxylic acids is 1. The summed E-state index contributed by atoms with van der Waals surface area (Å²) in [5.74, 6) is -0.122. The fraction of sp³-hybridized carbons (Fsp3) is 0.312. The van der Waals surface area contributed by atoms with Crippen molar-refractivity contribution in [2.75, 3.05) is 0 Å². The molecule has 0 unspecified atom stereocenters. The Labute approximate surface area is 151 Å². The summed E-state index contributed by atoms with van der Waals surface area (Å²) in [7, 11) is 0. The SMILES string of the molecule is Cc1ccc(-c2[nH]ncc2/C=N\NC(=O)[C@@]2(C)CC2(Br)Br)cc1. The Morgan fingerprint density at radius 3 is 2.65 bits per heavy atom. The third-order valence-electron chi connectivity index (χ3n) is 4.14. The molecule has 1 atom stereocenters. The second kappa shape index (κ2) is 5.87. The first-order chi connectivity index (χ1) is 10.8. The Balaban J connectivity index is 1.71. The molecule has 0 saturated heterocycles. The summed E-state index contributed by atoms with van der Waals surface area (Å²) in [6.45, 7) is 3.93. The van der Waals surface area contributed by atoms with Crippen LogP contribution in [0.2, 0.25) is 0 Å². The maximum atomic E-state index is 12.2. The molecule has 1 aromatic heterocycles. The molecule has 5 nitrogen and oxygen atoms in total. The smallest absolute Gasteiger partial charge is 0.248 e. The van der Waals surface area contributed by atoms with Gasteiger partial charge in [-0.3, -0.25) is 9.89 Å². The Kier molecular flexibility index (Phi) is 4.18. The van der Waals surface area contributed by atoms with Crippen LogP contribution in [0.1, 0.15) is 24.5 Å². The van der Waals surface area contributed by atoms with Crippen LogP contribution in [0.3, 0.4) is 0 Å². The highest BCUT2D eigenvalue weighted by molar-refractivity contribution is 9.25. The van der Waals surface area contributed by atoms with Crippen molar-refractivity contribution < 1.29 is 4.79 Å². The second-order valence-corrected chi connectivity index (χ2v) is 9.75. The number of rotatable bonds is 4. The minimum atomic E-state index is -0.486. The topological polar surface area (TPSA) is 70.1 Å². The molecule has 1 amide bonds. The van der Waals surface area contributed by atoms with E-state index in [2.05, 4.69) is 52.6 Å². The van der Waals surface area contributed by atoms with Gasteiger partial charge in [0, 0.05) is 11.1 Å². The molecule has 2 N–H and O–H groups in total. The van der Waals surface area contributed by atoms with E-state index >= 15 is 0 Å². The predicted molar refractivity (Wildman–Crippen MR) is 97.8 cm³/mol. The number of benzene rings is 1. The molecule has 0 aliphatic heterocycles. The van der Waals surface area contributed by atoms with Crippen molar-refractivity contribution in [1.82, 2.24) is 15.6 Å². The van der Waals surface area contributed by atoms with E-state index in [-0.39, 0.29) is 9.14 Å². The summed E-state index contributed by atoms with van der Waals surface area (Å²) in [5, 5.41) is 11.1. The quantitative estimate of drug-likeness (QED) is 0.432. The van der Waals surface area contributed by atoms with Gasteiger partial charge in [0.05, 0.1) is 26.8 Å². The lowest BCUT2D eigenvalue weighted by molar-refractivity contribution is -0.125. The van der Waals surface area contributed by atoms with Gasteiger partial charge in [-0.2, -0.15) is 10.2 Å². The Hall–Kier alpha value is -1.47. The molecule has 1 fully saturated rings. The maximum Gasteiger partial charge on any atom is 0.248 e. The van der Waals surface area contributed by atoms with E-state index in [1.54, 1.807) is 12.4 Å². The molecule has 0 bridgehead atoms. The monoisotopic (exact) mass is 438 g/mol. The number of nitrogens with zero attached hydrogens (tertiary/aromatic N) is 2. The first kappa shape index (κ1) is 16.4. The van der Waals surface area contributed by atoms with Crippen LogP contribution in [0, 0.1) is 12.3 Å². The number of aromatic amines is 1. The van der Waals surface area contributed by atoms with Gasteiger partial charge in [0.2, 0.25) is 5.91 Å². The molecular weight excluding hydrogens is 424 g/mol. The number of carbonyl (C=O) groups is 1. The van der Waals surface area contributed by atoms with Crippen LogP contribution in [0.25, 0.3) is 11.3 Å². The molecule has 2 aromatic rings. The number of alkyl halides is 2. The van der Waals surface area contributed by atoms with Gasteiger partial charge >= 0.3 is 0 Å². The Bertz CT molecular complexity index is 767. The molecule has 7 heteroatoms. The summed E-state index contributed by atoms with van der Waals surface area (Å²) in [4.78, 5) is 12.2. The lowest BCUT2D eigenvalue weighted by Crippen LogP contribution is -2.29. The van der Waals surface area contributed by atoms with Gasteiger partial charge in [0.25, 0.3) is 0 Å². The van der Waals surface area contributed by atoms with Gasteiger partial charge in [0.1, 0.15) is 0 Å². The zero-order chi connectivity index (χ0) is 16.7. The standard InChI is InChI=1S/C16H16Br2N4O/c1-10-3-5-11(6-4-10)13-12(7-19-21-13)8-20-22-14(23)15(2)9-16(15,17)18/h3-8H,9H2,1-2H3,(H,19,21)(H,22,23)/b20-8-/t15-/m1/s1. The van der Waals surface area contributed by atoms with Crippen LogP contribution in [0.15, 0.2) is 35.6 Å². The highest BCUT2D eigenvalue weighted by Crippen LogP contribution is 2.66. The van der Waals surface area contributed by atoms with Gasteiger partial charge in [-0.25, -0.2) is 5.43 Å². The molecule has 3 rings (SSSR count). The number of hydrogen-bond donors (Lipinski definition) is 2. The molecular formula is C16H16Br2N4O. The average Bonchev–Trinajstić information content (AvgIpc) is 2.86. The number of nitrogens with one attached hydrogen (secondary N) is 2. The lowest BCUT2D eigenvalue weighted by atomic mass is 10.1. The second-order valence-electron chi connectivity index (χ2n) is 5.98. The van der Waals surface area contributed by atoms with Gasteiger partial charge in [-0.05, 0) is 20.3 Å². The highest BCUT2D eigenvalue weighted by Gasteiger charge is 2.66. The highest BCUT2D eigenvalue weighted by atomic mass is 79.9. The molecule has 1 aliphatic carbocycles. The largest absolute Gasteiger partial charge is 0.277 e. The maximum absolute atomic E-state index is 12.2. The van der Waals surface area contributed by atoms with E-state index in [1.165, 1.54) is 5.56 Å². The third kappa shape index (κ3) is 3.12. The number of aryl methyl sites for hydroxylation is 1. The first-order valence-electron chi connectivity index (χ1n) is 7.15. The van der Waals surface area contributed by atoms with Gasteiger partial charge in [-0.1, -0.05) is 61.7 Å². The molecule has 1 heterocycles. The van der Waals surface area contributed by atoms with Gasteiger partial charge in [-0.15, -0.1) is 0 Å². The predicted octanol–water partition coefficient (Wildman–Crippen LogP) is 3.73. The van der Waals surface area contributed by atoms with Crippen LogP contribution < -0.4 is 5.43 Å². The zero-order valence-electron chi connectivity index (χ0n) is 12.7. The van der Waals surface area contributed by atoms with Crippen LogP contribution in [-0.4, -0.2) is 25.6 Å². The van der Waals surface area contributed by atoms with E-state index in [4.69, 9.17) is 0 Å². The Morgan fingerprint density at radius 2 is 2.04 bits per heavy atom. The number of aromatic nitrogens is 2. The summed E-state index contributed by atoms with van der Waals surface area (Å²) in [6, 6.07) is 8.12. The fourth-order valence-electron chi connectivity index (χ4n) is 2.27. The summed E-state index contributed by atoms with van der Waals surface area (Å²) >= 11 is 6.95. The summed E-state index contributed by atoms with van der Waals surface area (Å²) in [5.41, 5.74) is 6.02. The number of halogens is 2. The van der Waals surface area contributed by atoms with Crippen molar-refractivity contribution in [3.63, 3.8) is 0 Å². The minimum Gasteiger partial charge on any atom is -0.277 e. The molecule has 0 spiro atoms. The average molecular weight is 440 g/mol. The molecule has 1 aromatic carbocycles. The lowest BCUT2D eigenvalue weighted by Gasteiger charge is -2.09. The number of H-pyrrole nitrogens is 1. The van der Waals surface area contributed by atoms with E-state index in [0.717, 1.165) is 23.2 Å². The van der Waals surface area contributed by atoms with Crippen molar-refractivity contribution in [3.8, 4) is 11.3 Å². The minimum absolute atomic E-state index is 0.122. The van der Waals surface area contributed by atoms with Crippen molar-refractivity contribution >= 4 is 44.0 Å². The zero-order valence-corrected chi connectivity index (χ0v) is 15.9. The number of amides is 1. The third-order valence-corrected chi connectivity index (χ3v) is 6.45. The van der Waals surface area contributed by atoms with Crippen molar-refractivity contribution in [3.05, 3.63) is 41.6 Å². The molecule has 0 radical (unpaired) electrons. The van der Waals surface area contributed by atoms with Gasteiger partial charge < -0.3 is 0 Å². The van der Waals surface area contributed by atoms with E-state index in [1.807, 2.05) is 38.1 Å². The molecule has 120 valence electrons. The van der Waals surface area contributed by atoms with Crippen LogP contribution in [0.5, 0.6) is 0 Å². The van der Waals surface area contributed by atoms with E-state index in [9.17, 15) is 4.79 Å². The fourth-order valence-corrected chi connectivity index (χ4v) is 3.76. The van der Waals surface area contributed by atoms with Crippen LogP contribution in [-0.2, 0) is 4.79 Å². The first-order valence-corrected chi connectivity index (χ1v) is 8.74. The number of hydrazone groups is 1. The van der Waals surface area contributed by atoms with Crippen LogP contribution in [0.4, 0.5) is 0 Å². The van der Waals surface area contributed by atoms with Crippen molar-refractivity contribution in [1.29, 1.82) is 0 Å². The molecule has 1 aliphatic rings.